The number of pyridine rings is 1. The number of nitrogens with zero attached hydrogens (tertiary/aromatic N) is 7. The Morgan fingerprint density at radius 2 is 0.600 bits per heavy atom. The standard InChI is InChI=1S/C53H35N7/c1-5-18-36(19-6-1)48-55-49(37-20-7-2-8-21-37)58-52(57-48)41-27-15-26-40(34-41)47-43(42-28-17-33-54-35-42)31-16-32-45(47)44-29-13-14-30-46(44)53-59-50(38-22-9-3-10-23-38)56-51(60-53)39-24-11-4-12-25-39/h1-35H. The van der Waals surface area contributed by atoms with Crippen LogP contribution in [0.1, 0.15) is 0 Å². The molecule has 0 unspecified atom stereocenters. The van der Waals surface area contributed by atoms with Gasteiger partial charge in [-0.25, -0.2) is 29.9 Å². The normalized spacial score (nSPS) is 11.0. The van der Waals surface area contributed by atoms with Crippen LogP contribution in [-0.4, -0.2) is 34.9 Å². The molecule has 282 valence electrons. The molecule has 10 aromatic rings. The van der Waals surface area contributed by atoms with Gasteiger partial charge < -0.3 is 0 Å². The molecule has 0 aliphatic carbocycles. The SMILES string of the molecule is c1ccc(-c2nc(-c3ccccc3)nc(-c3cccc(-c4c(-c5cccnc5)cccc4-c4ccccc4-c4nc(-c5ccccc5)nc(-c5ccccc5)n4)c3)n2)cc1. The molecule has 3 heterocycles. The fourth-order valence-electron chi connectivity index (χ4n) is 7.44. The van der Waals surface area contributed by atoms with E-state index >= 15 is 0 Å². The van der Waals surface area contributed by atoms with Gasteiger partial charge in [0.05, 0.1) is 0 Å². The number of aromatic nitrogens is 7. The number of hydrogen-bond acceptors (Lipinski definition) is 7. The number of hydrogen-bond donors (Lipinski definition) is 0. The highest BCUT2D eigenvalue weighted by molar-refractivity contribution is 5.98. The first-order valence-corrected chi connectivity index (χ1v) is 19.7. The molecule has 0 saturated carbocycles. The van der Waals surface area contributed by atoms with Crippen molar-refractivity contribution >= 4 is 0 Å². The molecule has 0 radical (unpaired) electrons. The van der Waals surface area contributed by atoms with Gasteiger partial charge in [-0.05, 0) is 39.9 Å². The van der Waals surface area contributed by atoms with Gasteiger partial charge in [0.25, 0.3) is 0 Å². The van der Waals surface area contributed by atoms with E-state index in [-0.39, 0.29) is 0 Å². The molecular formula is C53H35N7. The van der Waals surface area contributed by atoms with Crippen molar-refractivity contribution in [2.45, 2.75) is 0 Å². The van der Waals surface area contributed by atoms with Crippen LogP contribution in [0.4, 0.5) is 0 Å². The van der Waals surface area contributed by atoms with E-state index < -0.39 is 0 Å². The Labute approximate surface area is 347 Å². The maximum atomic E-state index is 5.13. The first-order valence-electron chi connectivity index (χ1n) is 19.7. The summed E-state index contributed by atoms with van der Waals surface area (Å²) >= 11 is 0. The minimum atomic E-state index is 0.580. The Hall–Kier alpha value is -8.29. The molecule has 0 spiro atoms. The van der Waals surface area contributed by atoms with Gasteiger partial charge in [0.1, 0.15) is 0 Å². The highest BCUT2D eigenvalue weighted by Crippen LogP contribution is 2.44. The van der Waals surface area contributed by atoms with Crippen LogP contribution in [0.25, 0.3) is 102 Å². The molecule has 0 bridgehead atoms. The van der Waals surface area contributed by atoms with Crippen LogP contribution in [-0.2, 0) is 0 Å². The lowest BCUT2D eigenvalue weighted by Gasteiger charge is -2.19. The van der Waals surface area contributed by atoms with Crippen molar-refractivity contribution in [3.8, 4) is 102 Å². The first-order chi connectivity index (χ1) is 29.7. The Balaban J connectivity index is 1.18. The molecule has 0 saturated heterocycles. The summed E-state index contributed by atoms with van der Waals surface area (Å²) in [7, 11) is 0. The van der Waals surface area contributed by atoms with Crippen molar-refractivity contribution in [3.05, 3.63) is 213 Å². The maximum absolute atomic E-state index is 5.13. The smallest absolute Gasteiger partial charge is 0.164 e. The van der Waals surface area contributed by atoms with Gasteiger partial charge in [0.2, 0.25) is 0 Å². The Bertz CT molecular complexity index is 2950. The minimum Gasteiger partial charge on any atom is -0.264 e. The molecule has 0 atom stereocenters. The second-order valence-corrected chi connectivity index (χ2v) is 14.2. The third kappa shape index (κ3) is 7.35. The van der Waals surface area contributed by atoms with E-state index in [9.17, 15) is 0 Å². The first kappa shape index (κ1) is 36.1. The van der Waals surface area contributed by atoms with Crippen LogP contribution in [0, 0.1) is 0 Å². The number of rotatable bonds is 9. The monoisotopic (exact) mass is 769 g/mol. The van der Waals surface area contributed by atoms with Gasteiger partial charge in [-0.2, -0.15) is 0 Å². The quantitative estimate of drug-likeness (QED) is 0.144. The average Bonchev–Trinajstić information content (AvgIpc) is 3.35. The number of benzene rings is 7. The Morgan fingerprint density at radius 1 is 0.233 bits per heavy atom. The second kappa shape index (κ2) is 16.3. The predicted octanol–water partition coefficient (Wildman–Crippen LogP) is 12.5. The molecule has 10 rings (SSSR count). The van der Waals surface area contributed by atoms with Gasteiger partial charge in [-0.1, -0.05) is 188 Å². The molecule has 7 nitrogen and oxygen atoms in total. The highest BCUT2D eigenvalue weighted by atomic mass is 15.0. The molecule has 0 aliphatic heterocycles. The van der Waals surface area contributed by atoms with Gasteiger partial charge in [0.15, 0.2) is 34.9 Å². The van der Waals surface area contributed by atoms with E-state index in [1.165, 1.54) is 0 Å². The fraction of sp³-hybridized carbons (Fsp3) is 0. The highest BCUT2D eigenvalue weighted by Gasteiger charge is 2.21. The van der Waals surface area contributed by atoms with E-state index in [1.54, 1.807) is 6.20 Å². The zero-order chi connectivity index (χ0) is 40.1. The molecule has 0 amide bonds. The lowest BCUT2D eigenvalue weighted by atomic mass is 9.86. The van der Waals surface area contributed by atoms with Crippen molar-refractivity contribution in [1.82, 2.24) is 34.9 Å². The van der Waals surface area contributed by atoms with Gasteiger partial charge in [-0.3, -0.25) is 4.98 Å². The van der Waals surface area contributed by atoms with E-state index in [0.29, 0.717) is 34.9 Å². The van der Waals surface area contributed by atoms with Gasteiger partial charge in [-0.15, -0.1) is 0 Å². The summed E-state index contributed by atoms with van der Waals surface area (Å²) in [4.78, 5) is 34.8. The van der Waals surface area contributed by atoms with Crippen LogP contribution in [0.3, 0.4) is 0 Å². The van der Waals surface area contributed by atoms with E-state index in [4.69, 9.17) is 29.9 Å². The van der Waals surface area contributed by atoms with E-state index in [0.717, 1.165) is 66.8 Å². The molecular weight excluding hydrogens is 735 g/mol. The molecule has 0 aliphatic rings. The minimum absolute atomic E-state index is 0.580. The summed E-state index contributed by atoms with van der Waals surface area (Å²) in [6, 6.07) is 67.5. The molecule has 7 aromatic carbocycles. The molecule has 3 aromatic heterocycles. The van der Waals surface area contributed by atoms with Crippen LogP contribution in [0.5, 0.6) is 0 Å². The van der Waals surface area contributed by atoms with E-state index in [1.807, 2.05) is 140 Å². The summed E-state index contributed by atoms with van der Waals surface area (Å²) in [5, 5.41) is 0. The van der Waals surface area contributed by atoms with Crippen molar-refractivity contribution in [2.75, 3.05) is 0 Å². The summed E-state index contributed by atoms with van der Waals surface area (Å²) in [5.41, 5.74) is 11.4. The van der Waals surface area contributed by atoms with Crippen LogP contribution in [0.15, 0.2) is 213 Å². The second-order valence-electron chi connectivity index (χ2n) is 14.2. The van der Waals surface area contributed by atoms with Crippen molar-refractivity contribution in [3.63, 3.8) is 0 Å². The zero-order valence-electron chi connectivity index (χ0n) is 32.3. The summed E-state index contributed by atoms with van der Waals surface area (Å²) in [6.07, 6.45) is 3.71. The van der Waals surface area contributed by atoms with Crippen LogP contribution < -0.4 is 0 Å². The molecule has 7 heteroatoms. The third-order valence-electron chi connectivity index (χ3n) is 10.3. The molecule has 0 fully saturated rings. The van der Waals surface area contributed by atoms with Crippen molar-refractivity contribution in [2.24, 2.45) is 0 Å². The fourth-order valence-corrected chi connectivity index (χ4v) is 7.44. The predicted molar refractivity (Wildman–Crippen MR) is 240 cm³/mol. The summed E-state index contributed by atoms with van der Waals surface area (Å²) < 4.78 is 0. The lowest BCUT2D eigenvalue weighted by Crippen LogP contribution is -2.01. The summed E-state index contributed by atoms with van der Waals surface area (Å²) in [5.74, 6) is 3.59. The average molecular weight is 770 g/mol. The van der Waals surface area contributed by atoms with Gasteiger partial charge in [0, 0.05) is 51.3 Å². The van der Waals surface area contributed by atoms with Gasteiger partial charge >= 0.3 is 0 Å². The van der Waals surface area contributed by atoms with Crippen molar-refractivity contribution in [1.29, 1.82) is 0 Å². The topological polar surface area (TPSA) is 90.2 Å². The van der Waals surface area contributed by atoms with Crippen LogP contribution in [0.2, 0.25) is 0 Å². The van der Waals surface area contributed by atoms with Crippen LogP contribution >= 0.6 is 0 Å². The lowest BCUT2D eigenvalue weighted by molar-refractivity contribution is 1.07. The maximum Gasteiger partial charge on any atom is 0.164 e. The van der Waals surface area contributed by atoms with Crippen molar-refractivity contribution < 1.29 is 0 Å². The Kier molecular flexibility index (Phi) is 9.79. The largest absolute Gasteiger partial charge is 0.264 e. The summed E-state index contributed by atoms with van der Waals surface area (Å²) in [6.45, 7) is 0. The zero-order valence-corrected chi connectivity index (χ0v) is 32.3. The van der Waals surface area contributed by atoms with E-state index in [2.05, 4.69) is 71.7 Å². The molecule has 0 N–H and O–H groups in total. The Morgan fingerprint density at radius 3 is 1.10 bits per heavy atom. The molecule has 60 heavy (non-hydrogen) atoms. The third-order valence-corrected chi connectivity index (χ3v) is 10.3.